The molecule has 0 amide bonds. The molecule has 1 N–H and O–H groups in total. The van der Waals surface area contributed by atoms with Gasteiger partial charge in [-0.2, -0.15) is 0 Å². The Hall–Kier alpha value is -0.440. The first-order valence-corrected chi connectivity index (χ1v) is 5.82. The van der Waals surface area contributed by atoms with Crippen LogP contribution in [0.2, 0.25) is 5.02 Å². The second kappa shape index (κ2) is 4.44. The zero-order chi connectivity index (χ0) is 10.3. The molecule has 3 rings (SSSR count). The summed E-state index contributed by atoms with van der Waals surface area (Å²) in [5, 5.41) is 4.21. The summed E-state index contributed by atoms with van der Waals surface area (Å²) in [4.78, 5) is 0. The number of ether oxygens (including phenoxy) is 1. The summed E-state index contributed by atoms with van der Waals surface area (Å²) in [6, 6.07) is 5.98. The maximum absolute atomic E-state index is 6.05. The van der Waals surface area contributed by atoms with E-state index in [2.05, 4.69) is 11.4 Å². The average Bonchev–Trinajstić information content (AvgIpc) is 2.59. The summed E-state index contributed by atoms with van der Waals surface area (Å²) < 4.78 is 5.76. The quantitative estimate of drug-likeness (QED) is 0.774. The Morgan fingerprint density at radius 2 is 2.00 bits per heavy atom. The summed E-state index contributed by atoms with van der Waals surface area (Å²) >= 11 is 6.05. The zero-order valence-corrected chi connectivity index (χ0v) is 10.5. The molecule has 1 saturated heterocycles. The summed E-state index contributed by atoms with van der Waals surface area (Å²) in [5.74, 6) is 1.03. The number of nitrogens with one attached hydrogen (secondary N) is 1. The predicted molar refractivity (Wildman–Crippen MR) is 68.0 cm³/mol. The summed E-state index contributed by atoms with van der Waals surface area (Å²) in [6.07, 6.45) is 2.31. The largest absolute Gasteiger partial charge is 0.492 e. The van der Waals surface area contributed by atoms with Crippen LogP contribution in [0.4, 0.5) is 0 Å². The summed E-state index contributed by atoms with van der Waals surface area (Å²) in [6.45, 7) is 2.98. The first-order chi connectivity index (χ1) is 7.30. The van der Waals surface area contributed by atoms with Crippen LogP contribution in [-0.2, 0) is 5.41 Å². The van der Waals surface area contributed by atoms with Gasteiger partial charge in [-0.3, -0.25) is 0 Å². The second-order valence-corrected chi connectivity index (χ2v) is 4.90. The Kier molecular flexibility index (Phi) is 3.34. The molecule has 2 heterocycles. The summed E-state index contributed by atoms with van der Waals surface area (Å²) in [7, 11) is 0. The van der Waals surface area contributed by atoms with Crippen molar-refractivity contribution < 1.29 is 4.74 Å². The van der Waals surface area contributed by atoms with Crippen LogP contribution in [-0.4, -0.2) is 19.7 Å². The van der Waals surface area contributed by atoms with E-state index >= 15 is 0 Å². The van der Waals surface area contributed by atoms with Crippen molar-refractivity contribution in [2.45, 2.75) is 18.3 Å². The van der Waals surface area contributed by atoms with Gasteiger partial charge < -0.3 is 10.1 Å². The van der Waals surface area contributed by atoms with Crippen molar-refractivity contribution in [2.24, 2.45) is 0 Å². The topological polar surface area (TPSA) is 21.3 Å². The van der Waals surface area contributed by atoms with Crippen molar-refractivity contribution >= 4 is 24.0 Å². The number of rotatable bonds is 0. The molecule has 1 aromatic carbocycles. The molecule has 2 aliphatic heterocycles. The highest BCUT2D eigenvalue weighted by atomic mass is 35.5. The number of fused-ring (bicyclic) bond motifs is 2. The number of benzene rings is 1. The Morgan fingerprint density at radius 3 is 2.75 bits per heavy atom. The fourth-order valence-electron chi connectivity index (χ4n) is 2.66. The van der Waals surface area contributed by atoms with Crippen LogP contribution >= 0.6 is 24.0 Å². The minimum absolute atomic E-state index is 0. The molecule has 2 nitrogen and oxygen atoms in total. The van der Waals surface area contributed by atoms with E-state index in [0.29, 0.717) is 0 Å². The van der Waals surface area contributed by atoms with E-state index < -0.39 is 0 Å². The zero-order valence-electron chi connectivity index (χ0n) is 8.96. The van der Waals surface area contributed by atoms with E-state index in [0.717, 1.165) is 43.3 Å². The summed E-state index contributed by atoms with van der Waals surface area (Å²) in [5.41, 5.74) is 1.54. The molecule has 0 radical (unpaired) electrons. The van der Waals surface area contributed by atoms with Gasteiger partial charge in [-0.25, -0.2) is 0 Å². The van der Waals surface area contributed by atoms with Gasteiger partial charge in [-0.05, 0) is 44.1 Å². The van der Waals surface area contributed by atoms with Crippen molar-refractivity contribution in [3.8, 4) is 5.75 Å². The average molecular weight is 260 g/mol. The third-order valence-electron chi connectivity index (χ3n) is 3.58. The Morgan fingerprint density at radius 1 is 1.25 bits per heavy atom. The molecule has 88 valence electrons. The van der Waals surface area contributed by atoms with E-state index in [4.69, 9.17) is 16.3 Å². The van der Waals surface area contributed by atoms with Crippen molar-refractivity contribution in [2.75, 3.05) is 19.7 Å². The van der Waals surface area contributed by atoms with Crippen LogP contribution in [0.5, 0.6) is 5.75 Å². The van der Waals surface area contributed by atoms with E-state index in [1.807, 2.05) is 12.1 Å². The van der Waals surface area contributed by atoms with Crippen molar-refractivity contribution in [1.29, 1.82) is 0 Å². The van der Waals surface area contributed by atoms with Gasteiger partial charge in [0.2, 0.25) is 0 Å². The SMILES string of the molecule is Cl.Clc1ccc2c(c1)C1(CCNCC1)CO2. The lowest BCUT2D eigenvalue weighted by molar-refractivity contribution is 0.220. The Bertz CT molecular complexity index is 383. The number of piperidine rings is 1. The molecule has 1 fully saturated rings. The van der Waals surface area contributed by atoms with Crippen LogP contribution in [0.3, 0.4) is 0 Å². The maximum Gasteiger partial charge on any atom is 0.123 e. The Labute approximate surface area is 107 Å². The standard InChI is InChI=1S/C12H14ClNO.ClH/c13-9-1-2-11-10(7-9)12(8-15-11)3-5-14-6-4-12;/h1-2,7,14H,3-6,8H2;1H. The molecule has 1 aromatic rings. The molecule has 0 saturated carbocycles. The first kappa shape index (κ1) is 12.0. The van der Waals surface area contributed by atoms with Crippen molar-refractivity contribution in [1.82, 2.24) is 5.32 Å². The van der Waals surface area contributed by atoms with Crippen LogP contribution in [0.25, 0.3) is 0 Å². The van der Waals surface area contributed by atoms with E-state index in [9.17, 15) is 0 Å². The van der Waals surface area contributed by atoms with Crippen molar-refractivity contribution in [3.63, 3.8) is 0 Å². The molecule has 2 aliphatic rings. The van der Waals surface area contributed by atoms with Crippen LogP contribution in [0.15, 0.2) is 18.2 Å². The fourth-order valence-corrected chi connectivity index (χ4v) is 2.83. The normalized spacial score (nSPS) is 21.1. The molecule has 1 spiro atoms. The molecular formula is C12H15Cl2NO. The van der Waals surface area contributed by atoms with Gasteiger partial charge in [-0.1, -0.05) is 11.6 Å². The second-order valence-electron chi connectivity index (χ2n) is 4.46. The van der Waals surface area contributed by atoms with E-state index in [1.165, 1.54) is 5.56 Å². The highest BCUT2D eigenvalue weighted by Gasteiger charge is 2.41. The van der Waals surface area contributed by atoms with Gasteiger partial charge in [0.15, 0.2) is 0 Å². The van der Waals surface area contributed by atoms with Gasteiger partial charge >= 0.3 is 0 Å². The van der Waals surface area contributed by atoms with Crippen molar-refractivity contribution in [3.05, 3.63) is 28.8 Å². The molecule has 4 heteroatoms. The van der Waals surface area contributed by atoms with E-state index in [-0.39, 0.29) is 17.8 Å². The minimum atomic E-state index is 0. The highest BCUT2D eigenvalue weighted by molar-refractivity contribution is 6.30. The molecule has 0 atom stereocenters. The molecule has 0 unspecified atom stereocenters. The first-order valence-electron chi connectivity index (χ1n) is 5.44. The van der Waals surface area contributed by atoms with Gasteiger partial charge in [-0.15, -0.1) is 12.4 Å². The molecule has 0 aromatic heterocycles. The predicted octanol–water partition coefficient (Wildman–Crippen LogP) is 2.78. The highest BCUT2D eigenvalue weighted by Crippen LogP contribution is 2.45. The lowest BCUT2D eigenvalue weighted by Gasteiger charge is -2.32. The number of halogens is 2. The number of hydrogen-bond acceptors (Lipinski definition) is 2. The third-order valence-corrected chi connectivity index (χ3v) is 3.81. The van der Waals surface area contributed by atoms with Gasteiger partial charge in [0.25, 0.3) is 0 Å². The van der Waals surface area contributed by atoms with Crippen LogP contribution in [0, 0.1) is 0 Å². The van der Waals surface area contributed by atoms with Gasteiger partial charge in [0, 0.05) is 16.0 Å². The molecule has 0 bridgehead atoms. The van der Waals surface area contributed by atoms with Gasteiger partial charge in [0.05, 0.1) is 6.61 Å². The number of hydrogen-bond donors (Lipinski definition) is 1. The smallest absolute Gasteiger partial charge is 0.123 e. The van der Waals surface area contributed by atoms with E-state index in [1.54, 1.807) is 0 Å². The third kappa shape index (κ3) is 1.79. The fraction of sp³-hybridized carbons (Fsp3) is 0.500. The monoisotopic (exact) mass is 259 g/mol. The molecular weight excluding hydrogens is 245 g/mol. The van der Waals surface area contributed by atoms with Crippen LogP contribution < -0.4 is 10.1 Å². The minimum Gasteiger partial charge on any atom is -0.492 e. The van der Waals surface area contributed by atoms with Crippen LogP contribution in [0.1, 0.15) is 18.4 Å². The maximum atomic E-state index is 6.05. The lowest BCUT2D eigenvalue weighted by atomic mass is 9.75. The van der Waals surface area contributed by atoms with Gasteiger partial charge in [0.1, 0.15) is 5.75 Å². The molecule has 16 heavy (non-hydrogen) atoms. The molecule has 0 aliphatic carbocycles. The Balaban J connectivity index is 0.000000963. The lowest BCUT2D eigenvalue weighted by Crippen LogP contribution is -2.40.